The van der Waals surface area contributed by atoms with E-state index in [2.05, 4.69) is 28.3 Å². The highest BCUT2D eigenvalue weighted by molar-refractivity contribution is 6.10. The number of nitrogens with one attached hydrogen (secondary N) is 1. The summed E-state index contributed by atoms with van der Waals surface area (Å²) in [5, 5.41) is 12.3. The first-order chi connectivity index (χ1) is 14.6. The molecule has 1 fully saturated rings. The SMILES string of the molecule is CCC/C=C/C(=C\NC(C)=NC1(c2cnccn2)CC1)C(=O)c1cccc(C#N)c1. The molecule has 1 N–H and O–H groups in total. The minimum absolute atomic E-state index is 0.144. The van der Waals surface area contributed by atoms with Crippen molar-refractivity contribution in [2.24, 2.45) is 4.99 Å². The van der Waals surface area contributed by atoms with Crippen LogP contribution in [0.25, 0.3) is 0 Å². The molecular formula is C24H25N5O. The maximum atomic E-state index is 13.0. The van der Waals surface area contributed by atoms with Crippen molar-refractivity contribution in [1.82, 2.24) is 15.3 Å². The number of aromatic nitrogens is 2. The standard InChI is InChI=1S/C24H25N5O/c1-3-4-5-8-21(23(30)20-9-6-7-19(14-20)15-25)16-28-18(2)29-24(10-11-24)22-17-26-12-13-27-22/h5-9,12-14,16-17H,3-4,10-11H2,1-2H3,(H,28,29)/b8-5+,21-16+. The van der Waals surface area contributed by atoms with Gasteiger partial charge in [-0.1, -0.05) is 37.6 Å². The predicted molar refractivity (Wildman–Crippen MR) is 117 cm³/mol. The number of nitrogens with zero attached hydrogens (tertiary/aromatic N) is 4. The number of rotatable bonds is 8. The van der Waals surface area contributed by atoms with Crippen LogP contribution in [0.15, 0.2) is 71.8 Å². The van der Waals surface area contributed by atoms with Crippen molar-refractivity contribution in [1.29, 1.82) is 5.26 Å². The van der Waals surface area contributed by atoms with Crippen LogP contribution in [-0.2, 0) is 5.54 Å². The molecule has 6 heteroatoms. The largest absolute Gasteiger partial charge is 0.350 e. The smallest absolute Gasteiger partial charge is 0.194 e. The fourth-order valence-electron chi connectivity index (χ4n) is 3.08. The third-order valence-corrected chi connectivity index (χ3v) is 4.85. The zero-order valence-corrected chi connectivity index (χ0v) is 17.3. The lowest BCUT2D eigenvalue weighted by Crippen LogP contribution is -2.19. The van der Waals surface area contributed by atoms with Crippen LogP contribution in [0.1, 0.15) is 61.1 Å². The zero-order valence-electron chi connectivity index (χ0n) is 17.3. The molecule has 3 rings (SSSR count). The van der Waals surface area contributed by atoms with Crippen LogP contribution in [0.4, 0.5) is 0 Å². The van der Waals surface area contributed by atoms with Crippen LogP contribution in [0.2, 0.25) is 0 Å². The second kappa shape index (κ2) is 9.75. The average molecular weight is 399 g/mol. The monoisotopic (exact) mass is 399 g/mol. The van der Waals surface area contributed by atoms with Gasteiger partial charge in [0, 0.05) is 29.7 Å². The van der Waals surface area contributed by atoms with E-state index < -0.39 is 0 Å². The molecule has 1 saturated carbocycles. The molecule has 1 heterocycles. The molecule has 1 aliphatic carbocycles. The summed E-state index contributed by atoms with van der Waals surface area (Å²) in [6.45, 7) is 3.96. The number of amidine groups is 1. The van der Waals surface area contributed by atoms with Crippen LogP contribution in [0.5, 0.6) is 0 Å². The highest BCUT2D eigenvalue weighted by atomic mass is 16.1. The Labute approximate surface area is 177 Å². The lowest BCUT2D eigenvalue weighted by Gasteiger charge is -2.11. The Hall–Kier alpha value is -3.59. The summed E-state index contributed by atoms with van der Waals surface area (Å²) < 4.78 is 0. The highest BCUT2D eigenvalue weighted by Gasteiger charge is 2.46. The number of hydrogen-bond acceptors (Lipinski definition) is 5. The molecule has 2 aromatic rings. The van der Waals surface area contributed by atoms with E-state index in [1.165, 1.54) is 0 Å². The van der Waals surface area contributed by atoms with E-state index in [4.69, 9.17) is 10.3 Å². The molecule has 0 saturated heterocycles. The summed E-state index contributed by atoms with van der Waals surface area (Å²) in [5.74, 6) is 0.563. The van der Waals surface area contributed by atoms with Gasteiger partial charge in [-0.25, -0.2) is 0 Å². The number of ketones is 1. The minimum atomic E-state index is -0.317. The molecule has 0 atom stereocenters. The molecule has 1 aromatic heterocycles. The fraction of sp³-hybridized carbons (Fsp3) is 0.292. The van der Waals surface area contributed by atoms with Crippen LogP contribution in [-0.4, -0.2) is 21.6 Å². The fourth-order valence-corrected chi connectivity index (χ4v) is 3.08. The first-order valence-electron chi connectivity index (χ1n) is 10.1. The second-order valence-electron chi connectivity index (χ2n) is 7.28. The summed E-state index contributed by atoms with van der Waals surface area (Å²) in [7, 11) is 0. The lowest BCUT2D eigenvalue weighted by atomic mass is 10.0. The number of aliphatic imine (C=N–C) groups is 1. The number of Topliss-reactive ketones (excluding diaryl/α,β-unsaturated/α-hetero) is 1. The molecule has 6 nitrogen and oxygen atoms in total. The van der Waals surface area contributed by atoms with Crippen molar-refractivity contribution in [2.75, 3.05) is 0 Å². The molecule has 0 radical (unpaired) electrons. The van der Waals surface area contributed by atoms with Gasteiger partial charge in [-0.05, 0) is 38.3 Å². The summed E-state index contributed by atoms with van der Waals surface area (Å²) in [6.07, 6.45) is 14.3. The van der Waals surface area contributed by atoms with Crippen LogP contribution in [0, 0.1) is 11.3 Å². The third-order valence-electron chi connectivity index (χ3n) is 4.85. The molecule has 0 aliphatic heterocycles. The number of benzene rings is 1. The molecule has 0 spiro atoms. The van der Waals surface area contributed by atoms with Gasteiger partial charge in [0.25, 0.3) is 0 Å². The van der Waals surface area contributed by atoms with Crippen molar-refractivity contribution in [2.45, 2.75) is 45.1 Å². The van der Waals surface area contributed by atoms with Gasteiger partial charge in [-0.15, -0.1) is 0 Å². The number of unbranched alkanes of at least 4 members (excludes halogenated alkanes) is 1. The molecule has 0 unspecified atom stereocenters. The van der Waals surface area contributed by atoms with Gasteiger partial charge in [0.1, 0.15) is 5.54 Å². The number of carbonyl (C=O) groups excluding carboxylic acids is 1. The Bertz CT molecular complexity index is 1030. The Morgan fingerprint density at radius 1 is 1.37 bits per heavy atom. The van der Waals surface area contributed by atoms with Gasteiger partial charge in [-0.2, -0.15) is 5.26 Å². The highest BCUT2D eigenvalue weighted by Crippen LogP contribution is 2.48. The number of nitriles is 1. The Morgan fingerprint density at radius 3 is 2.87 bits per heavy atom. The first kappa shape index (κ1) is 21.1. The van der Waals surface area contributed by atoms with Gasteiger partial charge in [0.15, 0.2) is 5.78 Å². The first-order valence-corrected chi connectivity index (χ1v) is 10.1. The Morgan fingerprint density at radius 2 is 2.20 bits per heavy atom. The Balaban J connectivity index is 1.81. The van der Waals surface area contributed by atoms with Gasteiger partial charge in [0.05, 0.1) is 29.4 Å². The van der Waals surface area contributed by atoms with Crippen LogP contribution < -0.4 is 5.32 Å². The number of carbonyl (C=O) groups is 1. The maximum Gasteiger partial charge on any atom is 0.194 e. The normalized spacial score (nSPS) is 15.6. The molecule has 30 heavy (non-hydrogen) atoms. The quantitative estimate of drug-likeness (QED) is 0.232. The number of allylic oxidation sites excluding steroid dienone is 3. The predicted octanol–water partition coefficient (Wildman–Crippen LogP) is 4.47. The van der Waals surface area contributed by atoms with Crippen molar-refractivity contribution in [3.05, 3.63) is 83.6 Å². The molecule has 0 bridgehead atoms. The van der Waals surface area contributed by atoms with E-state index in [0.29, 0.717) is 22.5 Å². The van der Waals surface area contributed by atoms with Crippen molar-refractivity contribution >= 4 is 11.6 Å². The third kappa shape index (κ3) is 5.26. The Kier molecular flexibility index (Phi) is 6.87. The van der Waals surface area contributed by atoms with Crippen LogP contribution >= 0.6 is 0 Å². The van der Waals surface area contributed by atoms with Gasteiger partial charge in [0.2, 0.25) is 0 Å². The van der Waals surface area contributed by atoms with E-state index >= 15 is 0 Å². The second-order valence-corrected chi connectivity index (χ2v) is 7.28. The number of hydrogen-bond donors (Lipinski definition) is 1. The summed E-state index contributed by atoms with van der Waals surface area (Å²) in [5.41, 5.74) is 2.00. The molecule has 0 amide bonds. The van der Waals surface area contributed by atoms with Crippen molar-refractivity contribution in [3.8, 4) is 6.07 Å². The molecule has 152 valence electrons. The van der Waals surface area contributed by atoms with Crippen LogP contribution in [0.3, 0.4) is 0 Å². The van der Waals surface area contributed by atoms with E-state index in [-0.39, 0.29) is 11.3 Å². The topological polar surface area (TPSA) is 91.0 Å². The zero-order chi connectivity index (χ0) is 21.4. The molecular weight excluding hydrogens is 374 g/mol. The van der Waals surface area contributed by atoms with Crippen molar-refractivity contribution < 1.29 is 4.79 Å². The summed E-state index contributed by atoms with van der Waals surface area (Å²) in [4.78, 5) is 26.3. The summed E-state index contributed by atoms with van der Waals surface area (Å²) in [6, 6.07) is 8.81. The van der Waals surface area contributed by atoms with Gasteiger partial charge < -0.3 is 5.32 Å². The maximum absolute atomic E-state index is 13.0. The summed E-state index contributed by atoms with van der Waals surface area (Å²) >= 11 is 0. The molecule has 1 aromatic carbocycles. The lowest BCUT2D eigenvalue weighted by molar-refractivity contribution is 0.103. The van der Waals surface area contributed by atoms with Gasteiger partial charge >= 0.3 is 0 Å². The minimum Gasteiger partial charge on any atom is -0.350 e. The van der Waals surface area contributed by atoms with E-state index in [1.807, 2.05) is 19.1 Å². The molecule has 1 aliphatic rings. The van der Waals surface area contributed by atoms with E-state index in [9.17, 15) is 4.79 Å². The van der Waals surface area contributed by atoms with Crippen molar-refractivity contribution in [3.63, 3.8) is 0 Å². The average Bonchev–Trinajstić information content (AvgIpc) is 3.57. The van der Waals surface area contributed by atoms with Gasteiger partial charge in [-0.3, -0.25) is 19.8 Å². The van der Waals surface area contributed by atoms with E-state index in [0.717, 1.165) is 31.4 Å². The van der Waals surface area contributed by atoms with E-state index in [1.54, 1.807) is 49.1 Å².